The number of aryl methyl sites for hydroxylation is 2. The first-order valence-corrected chi connectivity index (χ1v) is 25.8. The smallest absolute Gasteiger partial charge is 0.256 e. The van der Waals surface area contributed by atoms with E-state index in [-0.39, 0.29) is 55.2 Å². The summed E-state index contributed by atoms with van der Waals surface area (Å²) in [5, 5.41) is 20.5. The van der Waals surface area contributed by atoms with Gasteiger partial charge in [0, 0.05) is 54.8 Å². The normalized spacial score (nSPS) is 17.2. The van der Waals surface area contributed by atoms with E-state index in [1.54, 1.807) is 24.3 Å². The summed E-state index contributed by atoms with van der Waals surface area (Å²) in [6, 6.07) is 16.1. The fraction of sp³-hybridized carbons (Fsp3) is 0.519. The van der Waals surface area contributed by atoms with Gasteiger partial charge in [-0.3, -0.25) is 24.0 Å². The molecule has 2 aromatic carbocycles. The van der Waals surface area contributed by atoms with Gasteiger partial charge in [0.25, 0.3) is 11.5 Å². The summed E-state index contributed by atoms with van der Waals surface area (Å²) in [5.74, 6) is -0.158. The highest BCUT2D eigenvalue weighted by Gasteiger charge is 2.44. The Balaban J connectivity index is 0.808. The maximum atomic E-state index is 14.1. The van der Waals surface area contributed by atoms with Crippen molar-refractivity contribution in [3.63, 3.8) is 0 Å². The van der Waals surface area contributed by atoms with E-state index in [0.29, 0.717) is 34.9 Å². The molecule has 376 valence electrons. The van der Waals surface area contributed by atoms with E-state index in [1.807, 2.05) is 82.6 Å². The standard InChI is InChI=1S/C54H72N8O7S/c1-34-27-45(69-7)42(50(65)58-34)30-56-52(67)47-36(3)61(43-16-13-12-15-41(43)47)31-38-22-25-60(26-23-38)24-14-10-8-9-11-17-46(64)59-49(54(4,5)6)53(68)62-32-40(63)28-44(62)51(66)55-29-37-18-20-39(21-19-37)48-35(2)57-33-70-48/h12-13,15-16,18-21,27,33,38,40,44,49,63H,8-11,14,17,22-26,28-32H2,1-7H3,(H,55,66)(H,56,67)(H,58,65)(H,59,64). The first kappa shape index (κ1) is 52.0. The number of nitrogens with zero attached hydrogens (tertiary/aromatic N) is 4. The zero-order valence-electron chi connectivity index (χ0n) is 42.0. The summed E-state index contributed by atoms with van der Waals surface area (Å²) in [5.41, 5.74) is 7.55. The van der Waals surface area contributed by atoms with Crippen molar-refractivity contribution in [2.24, 2.45) is 11.3 Å². The average Bonchev–Trinajstić information content (AvgIpc) is 4.03. The number of pyridine rings is 1. The van der Waals surface area contributed by atoms with Crippen LogP contribution >= 0.6 is 11.3 Å². The molecule has 2 aliphatic rings. The third kappa shape index (κ3) is 12.7. The molecule has 0 radical (unpaired) electrons. The fourth-order valence-corrected chi connectivity index (χ4v) is 10.9. The molecule has 7 rings (SSSR count). The van der Waals surface area contributed by atoms with Crippen LogP contribution in [0.25, 0.3) is 21.3 Å². The molecule has 0 saturated carbocycles. The minimum atomic E-state index is -0.850. The minimum absolute atomic E-state index is 0.0343. The van der Waals surface area contributed by atoms with E-state index >= 15 is 0 Å². The van der Waals surface area contributed by atoms with Crippen LogP contribution in [0.15, 0.2) is 64.9 Å². The van der Waals surface area contributed by atoms with Crippen LogP contribution in [0.3, 0.4) is 0 Å². The molecule has 4 amide bonds. The number of aliphatic hydroxyl groups is 1. The molecule has 5 N–H and O–H groups in total. The van der Waals surface area contributed by atoms with Crippen LogP contribution in [-0.4, -0.2) is 105 Å². The number of likely N-dealkylation sites (tertiary alicyclic amines) is 2. The van der Waals surface area contributed by atoms with Gasteiger partial charge in [0.05, 0.1) is 47.0 Å². The van der Waals surface area contributed by atoms with E-state index < -0.39 is 23.6 Å². The SMILES string of the molecule is COc1cc(C)[nH]c(=O)c1CNC(=O)c1c(C)n(CC2CCN(CCCCCCCC(=O)NC(C(=O)N3CC(O)CC3C(=O)NCc3ccc(-c4scnc4C)cc3)C(C)(C)C)CC2)c2ccccc12. The third-order valence-corrected chi connectivity index (χ3v) is 15.0. The quantitative estimate of drug-likeness (QED) is 0.0503. The van der Waals surface area contributed by atoms with E-state index in [1.165, 1.54) is 12.0 Å². The highest BCUT2D eigenvalue weighted by molar-refractivity contribution is 7.13. The molecule has 3 atom stereocenters. The summed E-state index contributed by atoms with van der Waals surface area (Å²) < 4.78 is 7.72. The number of aliphatic hydroxyl groups excluding tert-OH is 1. The number of carbonyl (C=O) groups excluding carboxylic acids is 4. The monoisotopic (exact) mass is 977 g/mol. The number of amides is 4. The Bertz CT molecular complexity index is 2680. The van der Waals surface area contributed by atoms with Gasteiger partial charge in [0.1, 0.15) is 17.8 Å². The van der Waals surface area contributed by atoms with Crippen molar-refractivity contribution < 1.29 is 29.0 Å². The molecule has 3 unspecified atom stereocenters. The molecule has 0 spiro atoms. The number of aromatic nitrogens is 3. The number of hydrogen-bond donors (Lipinski definition) is 5. The number of aromatic amines is 1. The fourth-order valence-electron chi connectivity index (χ4n) is 10.1. The molecule has 5 aromatic rings. The first-order chi connectivity index (χ1) is 33.5. The van der Waals surface area contributed by atoms with Gasteiger partial charge in [-0.1, -0.05) is 82.5 Å². The lowest BCUT2D eigenvalue weighted by Gasteiger charge is -2.35. The van der Waals surface area contributed by atoms with Crippen LogP contribution in [0.4, 0.5) is 0 Å². The second kappa shape index (κ2) is 23.4. The highest BCUT2D eigenvalue weighted by Crippen LogP contribution is 2.31. The minimum Gasteiger partial charge on any atom is -0.496 e. The third-order valence-electron chi connectivity index (χ3n) is 14.1. The highest BCUT2D eigenvalue weighted by atomic mass is 32.1. The van der Waals surface area contributed by atoms with Gasteiger partial charge in [-0.05, 0) is 101 Å². The Hall–Kier alpha value is -5.84. The van der Waals surface area contributed by atoms with Crippen molar-refractivity contribution in [2.45, 2.75) is 137 Å². The van der Waals surface area contributed by atoms with Crippen LogP contribution in [0.2, 0.25) is 0 Å². The molecular formula is C54H72N8O7S. The summed E-state index contributed by atoms with van der Waals surface area (Å²) in [6.07, 6.45) is 6.60. The molecule has 3 aromatic heterocycles. The van der Waals surface area contributed by atoms with Crippen LogP contribution in [-0.2, 0) is 34.0 Å². The molecule has 0 bridgehead atoms. The van der Waals surface area contributed by atoms with Gasteiger partial charge in [-0.25, -0.2) is 4.98 Å². The Morgan fingerprint density at radius 3 is 2.36 bits per heavy atom. The lowest BCUT2D eigenvalue weighted by atomic mass is 9.85. The van der Waals surface area contributed by atoms with E-state index in [2.05, 4.69) is 41.5 Å². The number of hydrogen-bond acceptors (Lipinski definition) is 10. The van der Waals surface area contributed by atoms with Crippen LogP contribution in [0.5, 0.6) is 5.75 Å². The maximum absolute atomic E-state index is 14.1. The number of H-pyrrole nitrogens is 1. The Labute approximate surface area is 415 Å². The molecule has 2 saturated heterocycles. The van der Waals surface area contributed by atoms with Crippen molar-refractivity contribution in [1.29, 1.82) is 0 Å². The lowest BCUT2D eigenvalue weighted by molar-refractivity contribution is -0.144. The molecule has 5 heterocycles. The first-order valence-electron chi connectivity index (χ1n) is 24.9. The number of ether oxygens (including phenoxy) is 1. The Morgan fingerprint density at radius 2 is 1.66 bits per heavy atom. The zero-order chi connectivity index (χ0) is 50.1. The van der Waals surface area contributed by atoms with Gasteiger partial charge in [0.15, 0.2) is 0 Å². The van der Waals surface area contributed by atoms with Gasteiger partial charge in [-0.2, -0.15) is 0 Å². The average molecular weight is 977 g/mol. The van der Waals surface area contributed by atoms with Crippen molar-refractivity contribution in [1.82, 2.24) is 40.3 Å². The van der Waals surface area contributed by atoms with Gasteiger partial charge < -0.3 is 45.1 Å². The molecule has 15 nitrogen and oxygen atoms in total. The number of thiazole rings is 1. The molecule has 70 heavy (non-hydrogen) atoms. The number of benzene rings is 2. The summed E-state index contributed by atoms with van der Waals surface area (Å²) in [6.45, 7) is 15.8. The largest absolute Gasteiger partial charge is 0.496 e. The molecule has 2 aliphatic heterocycles. The summed E-state index contributed by atoms with van der Waals surface area (Å²) in [7, 11) is 1.52. The number of fused-ring (bicyclic) bond motifs is 1. The second-order valence-corrected chi connectivity index (χ2v) is 21.2. The maximum Gasteiger partial charge on any atom is 0.256 e. The summed E-state index contributed by atoms with van der Waals surface area (Å²) in [4.78, 5) is 79.5. The van der Waals surface area contributed by atoms with Crippen molar-refractivity contribution in [3.8, 4) is 16.2 Å². The van der Waals surface area contributed by atoms with Gasteiger partial charge in [0.2, 0.25) is 17.7 Å². The molecule has 0 aliphatic carbocycles. The topological polar surface area (TPSA) is 191 Å². The van der Waals surface area contributed by atoms with Crippen molar-refractivity contribution in [2.75, 3.05) is 33.3 Å². The second-order valence-electron chi connectivity index (χ2n) is 20.3. The van der Waals surface area contributed by atoms with Crippen molar-refractivity contribution in [3.05, 3.63) is 104 Å². The number of para-hydroxylation sites is 1. The Kier molecular flexibility index (Phi) is 17.4. The Morgan fingerprint density at radius 1 is 0.943 bits per heavy atom. The molecular weight excluding hydrogens is 905 g/mol. The number of rotatable bonds is 20. The number of unbranched alkanes of at least 4 members (excludes halogenated alkanes) is 4. The molecule has 2 fully saturated rings. The van der Waals surface area contributed by atoms with Crippen LogP contribution < -0.4 is 26.2 Å². The number of nitrogens with one attached hydrogen (secondary N) is 4. The zero-order valence-corrected chi connectivity index (χ0v) is 42.8. The van der Waals surface area contributed by atoms with Crippen LogP contribution in [0.1, 0.15) is 117 Å². The van der Waals surface area contributed by atoms with E-state index in [9.17, 15) is 29.1 Å². The summed E-state index contributed by atoms with van der Waals surface area (Å²) >= 11 is 1.59. The van der Waals surface area contributed by atoms with Crippen LogP contribution in [0, 0.1) is 32.1 Å². The van der Waals surface area contributed by atoms with E-state index in [0.717, 1.165) is 109 Å². The number of piperidine rings is 1. The van der Waals surface area contributed by atoms with Crippen molar-refractivity contribution >= 4 is 45.9 Å². The van der Waals surface area contributed by atoms with Gasteiger partial charge >= 0.3 is 0 Å². The van der Waals surface area contributed by atoms with E-state index in [4.69, 9.17) is 4.74 Å². The lowest BCUT2D eigenvalue weighted by Crippen LogP contribution is -2.57. The number of β-amino-alcohol motifs (C(OH)–C–C–N with tert-alkyl or cyclic N) is 1. The molecule has 16 heteroatoms. The van der Waals surface area contributed by atoms with Gasteiger partial charge in [-0.15, -0.1) is 11.3 Å². The number of carbonyl (C=O) groups is 4. The predicted molar refractivity (Wildman–Crippen MR) is 275 cm³/mol. The predicted octanol–water partition coefficient (Wildman–Crippen LogP) is 7.18. The number of methoxy groups -OCH3 is 1.